The van der Waals surface area contributed by atoms with Gasteiger partial charge >= 0.3 is 0 Å². The average Bonchev–Trinajstić information content (AvgIpc) is 3.71. The van der Waals surface area contributed by atoms with E-state index in [4.69, 9.17) is 19.3 Å². The van der Waals surface area contributed by atoms with Crippen molar-refractivity contribution in [3.63, 3.8) is 0 Å². The van der Waals surface area contributed by atoms with Gasteiger partial charge in [0.1, 0.15) is 0 Å². The Labute approximate surface area is 221 Å². The van der Waals surface area contributed by atoms with Gasteiger partial charge in [-0.15, -0.1) is 11.3 Å². The summed E-state index contributed by atoms with van der Waals surface area (Å²) in [5, 5.41) is 6.87. The Bertz CT molecular complexity index is 1310. The molecule has 0 saturated carbocycles. The quantitative estimate of drug-likeness (QED) is 0.254. The van der Waals surface area contributed by atoms with Crippen LogP contribution in [0.4, 0.5) is 0 Å². The molecule has 1 atom stereocenters. The van der Waals surface area contributed by atoms with Gasteiger partial charge in [-0.2, -0.15) is 5.10 Å². The summed E-state index contributed by atoms with van der Waals surface area (Å²) >= 11 is 1.45. The Balaban J connectivity index is 1.58. The predicted molar refractivity (Wildman–Crippen MR) is 144 cm³/mol. The van der Waals surface area contributed by atoms with Crippen molar-refractivity contribution in [1.82, 2.24) is 14.7 Å². The maximum atomic E-state index is 13.6. The van der Waals surface area contributed by atoms with E-state index >= 15 is 0 Å². The van der Waals surface area contributed by atoms with Gasteiger partial charge in [-0.3, -0.25) is 4.79 Å². The summed E-state index contributed by atoms with van der Waals surface area (Å²) in [6.45, 7) is 3.68. The third-order valence-corrected chi connectivity index (χ3v) is 7.30. The van der Waals surface area contributed by atoms with Crippen LogP contribution in [0.3, 0.4) is 0 Å². The molecule has 1 amide bonds. The molecule has 0 unspecified atom stereocenters. The molecule has 4 aromatic rings. The zero-order chi connectivity index (χ0) is 25.6. The molecule has 0 bridgehead atoms. The van der Waals surface area contributed by atoms with Gasteiger partial charge in [-0.25, -0.2) is 4.68 Å². The fourth-order valence-corrected chi connectivity index (χ4v) is 5.27. The molecule has 8 heteroatoms. The fourth-order valence-electron chi connectivity index (χ4n) is 4.58. The SMILES string of the molecule is CCc1nn(-c2ccccc2)c(Oc2ccccc2OC)c1CN(C[C@@H]1CCCO1)C(=O)c1cccs1. The number of hydrogen-bond acceptors (Lipinski definition) is 6. The van der Waals surface area contributed by atoms with Gasteiger partial charge in [0.25, 0.3) is 5.91 Å². The number of nitrogens with zero attached hydrogens (tertiary/aromatic N) is 3. The van der Waals surface area contributed by atoms with Crippen molar-refractivity contribution in [2.75, 3.05) is 20.3 Å². The Kier molecular flexibility index (Phi) is 7.87. The summed E-state index contributed by atoms with van der Waals surface area (Å²) in [7, 11) is 1.62. The first-order valence-electron chi connectivity index (χ1n) is 12.6. The summed E-state index contributed by atoms with van der Waals surface area (Å²) in [4.78, 5) is 16.2. The van der Waals surface area contributed by atoms with Gasteiger partial charge in [-0.05, 0) is 55.0 Å². The van der Waals surface area contributed by atoms with Crippen LogP contribution >= 0.6 is 11.3 Å². The van der Waals surface area contributed by atoms with Gasteiger partial charge < -0.3 is 19.1 Å². The fraction of sp³-hybridized carbons (Fsp3) is 0.310. The lowest BCUT2D eigenvalue weighted by molar-refractivity contribution is 0.0509. The highest BCUT2D eigenvalue weighted by molar-refractivity contribution is 7.12. The van der Waals surface area contributed by atoms with E-state index in [2.05, 4.69) is 6.92 Å². The minimum Gasteiger partial charge on any atom is -0.493 e. The number of para-hydroxylation sites is 3. The van der Waals surface area contributed by atoms with E-state index in [-0.39, 0.29) is 12.0 Å². The van der Waals surface area contributed by atoms with E-state index < -0.39 is 0 Å². The van der Waals surface area contributed by atoms with Gasteiger partial charge in [0, 0.05) is 13.2 Å². The second-order valence-electron chi connectivity index (χ2n) is 8.88. The number of thiophene rings is 1. The molecular formula is C29H31N3O4S. The molecule has 7 nitrogen and oxygen atoms in total. The van der Waals surface area contributed by atoms with Crippen LogP contribution < -0.4 is 9.47 Å². The largest absolute Gasteiger partial charge is 0.493 e. The molecular weight excluding hydrogens is 486 g/mol. The molecule has 1 fully saturated rings. The Morgan fingerprint density at radius 3 is 2.57 bits per heavy atom. The normalized spacial score (nSPS) is 15.0. The van der Waals surface area contributed by atoms with Crippen molar-refractivity contribution in [3.05, 3.63) is 88.2 Å². The number of benzene rings is 2. The number of aryl methyl sites for hydroxylation is 1. The smallest absolute Gasteiger partial charge is 0.264 e. The number of carbonyl (C=O) groups excluding carboxylic acids is 1. The summed E-state index contributed by atoms with van der Waals surface area (Å²) in [6, 6.07) is 21.2. The van der Waals surface area contributed by atoms with Crippen molar-refractivity contribution < 1.29 is 19.0 Å². The molecule has 2 aromatic carbocycles. The molecule has 0 spiro atoms. The van der Waals surface area contributed by atoms with E-state index in [0.717, 1.165) is 36.4 Å². The van der Waals surface area contributed by atoms with E-state index in [1.54, 1.807) is 7.11 Å². The van der Waals surface area contributed by atoms with E-state index in [9.17, 15) is 4.79 Å². The van der Waals surface area contributed by atoms with Crippen LogP contribution in [0, 0.1) is 0 Å². The molecule has 1 saturated heterocycles. The van der Waals surface area contributed by atoms with E-state index in [1.807, 2.05) is 81.7 Å². The summed E-state index contributed by atoms with van der Waals surface area (Å²) in [5.41, 5.74) is 2.63. The Hall–Kier alpha value is -3.62. The number of carbonyl (C=O) groups is 1. The predicted octanol–water partition coefficient (Wildman–Crippen LogP) is 6.12. The first-order valence-corrected chi connectivity index (χ1v) is 13.5. The van der Waals surface area contributed by atoms with Crippen molar-refractivity contribution in [3.8, 4) is 23.1 Å². The zero-order valence-electron chi connectivity index (χ0n) is 21.1. The molecule has 37 heavy (non-hydrogen) atoms. The molecule has 192 valence electrons. The summed E-state index contributed by atoms with van der Waals surface area (Å²) < 4.78 is 19.8. The number of methoxy groups -OCH3 is 1. The van der Waals surface area contributed by atoms with Gasteiger partial charge in [-0.1, -0.05) is 43.3 Å². The minimum atomic E-state index is -0.0109. The monoisotopic (exact) mass is 517 g/mol. The molecule has 0 radical (unpaired) electrons. The van der Waals surface area contributed by atoms with Crippen molar-refractivity contribution in [1.29, 1.82) is 0 Å². The highest BCUT2D eigenvalue weighted by Gasteiger charge is 2.29. The van der Waals surface area contributed by atoms with Crippen molar-refractivity contribution in [2.24, 2.45) is 0 Å². The van der Waals surface area contributed by atoms with E-state index in [0.29, 0.717) is 41.8 Å². The standard InChI is InChI=1S/C29H31N3O4S/c1-3-24-23(20-31(19-22-13-9-17-35-22)28(33)27-16-10-18-37-27)29(32(30-24)21-11-5-4-6-12-21)36-26-15-8-7-14-25(26)34-2/h4-8,10-12,14-16,18,22H,3,9,13,17,19-20H2,1-2H3/t22-/m0/s1. The topological polar surface area (TPSA) is 65.8 Å². The van der Waals surface area contributed by atoms with Crippen LogP contribution in [0.25, 0.3) is 5.69 Å². The number of rotatable bonds is 10. The number of amides is 1. The molecule has 0 aliphatic carbocycles. The van der Waals surface area contributed by atoms with Crippen LogP contribution in [0.5, 0.6) is 17.4 Å². The lowest BCUT2D eigenvalue weighted by atomic mass is 10.1. The van der Waals surface area contributed by atoms with Crippen LogP contribution in [0.2, 0.25) is 0 Å². The molecule has 0 N–H and O–H groups in total. The van der Waals surface area contributed by atoms with Crippen LogP contribution in [-0.4, -0.2) is 47.0 Å². The third kappa shape index (κ3) is 5.55. The Morgan fingerprint density at radius 2 is 1.89 bits per heavy atom. The minimum absolute atomic E-state index is 0.0109. The van der Waals surface area contributed by atoms with E-state index in [1.165, 1.54) is 11.3 Å². The summed E-state index contributed by atoms with van der Waals surface area (Å²) in [6.07, 6.45) is 2.68. The molecule has 2 aromatic heterocycles. The lowest BCUT2D eigenvalue weighted by Gasteiger charge is -2.25. The maximum Gasteiger partial charge on any atom is 0.264 e. The van der Waals surface area contributed by atoms with Crippen molar-refractivity contribution >= 4 is 17.2 Å². The number of aromatic nitrogens is 2. The molecule has 1 aliphatic heterocycles. The van der Waals surface area contributed by atoms with Crippen LogP contribution in [-0.2, 0) is 17.7 Å². The van der Waals surface area contributed by atoms with Crippen molar-refractivity contribution in [2.45, 2.75) is 38.8 Å². The van der Waals surface area contributed by atoms with Crippen LogP contribution in [0.15, 0.2) is 72.1 Å². The number of hydrogen-bond donors (Lipinski definition) is 0. The molecule has 3 heterocycles. The third-order valence-electron chi connectivity index (χ3n) is 6.45. The lowest BCUT2D eigenvalue weighted by Crippen LogP contribution is -2.36. The first-order chi connectivity index (χ1) is 18.2. The maximum absolute atomic E-state index is 13.6. The zero-order valence-corrected chi connectivity index (χ0v) is 21.9. The molecule has 1 aliphatic rings. The highest BCUT2D eigenvalue weighted by atomic mass is 32.1. The molecule has 5 rings (SSSR count). The summed E-state index contributed by atoms with van der Waals surface area (Å²) in [5.74, 6) is 1.77. The second-order valence-corrected chi connectivity index (χ2v) is 9.83. The second kappa shape index (κ2) is 11.6. The highest BCUT2D eigenvalue weighted by Crippen LogP contribution is 2.36. The Morgan fingerprint density at radius 1 is 1.11 bits per heavy atom. The van der Waals surface area contributed by atoms with Crippen LogP contribution in [0.1, 0.15) is 40.7 Å². The number of ether oxygens (including phenoxy) is 3. The van der Waals surface area contributed by atoms with Gasteiger partial charge in [0.2, 0.25) is 5.88 Å². The average molecular weight is 518 g/mol. The van der Waals surface area contributed by atoms with Gasteiger partial charge in [0.15, 0.2) is 11.5 Å². The first kappa shape index (κ1) is 25.0. The van der Waals surface area contributed by atoms with Gasteiger partial charge in [0.05, 0.1) is 41.6 Å².